The predicted molar refractivity (Wildman–Crippen MR) is 66.9 cm³/mol. The van der Waals surface area contributed by atoms with Crippen LogP contribution in [0.4, 0.5) is 3.89 Å². The first-order chi connectivity index (χ1) is 8.97. The van der Waals surface area contributed by atoms with Gasteiger partial charge < -0.3 is 9.64 Å². The van der Waals surface area contributed by atoms with Crippen LogP contribution in [0.2, 0.25) is 0 Å². The SMILES string of the molecule is O=C1CC(S(=O)(=O)F)CN1CCOc1ccccc1. The van der Waals surface area contributed by atoms with Gasteiger partial charge in [0.1, 0.15) is 17.6 Å². The number of amides is 1. The molecule has 5 nitrogen and oxygen atoms in total. The zero-order chi connectivity index (χ0) is 13.9. The summed E-state index contributed by atoms with van der Waals surface area (Å²) in [4.78, 5) is 12.8. The largest absolute Gasteiger partial charge is 0.492 e. The zero-order valence-electron chi connectivity index (χ0n) is 10.2. The van der Waals surface area contributed by atoms with E-state index in [2.05, 4.69) is 0 Å². The smallest absolute Gasteiger partial charge is 0.307 e. The monoisotopic (exact) mass is 287 g/mol. The average molecular weight is 287 g/mol. The van der Waals surface area contributed by atoms with E-state index in [9.17, 15) is 17.1 Å². The van der Waals surface area contributed by atoms with Crippen LogP contribution in [0.1, 0.15) is 6.42 Å². The van der Waals surface area contributed by atoms with Crippen LogP contribution in [-0.2, 0) is 15.0 Å². The number of hydrogen-bond donors (Lipinski definition) is 0. The standard InChI is InChI=1S/C12H14FNO4S/c13-19(16,17)11-8-12(15)14(9-11)6-7-18-10-4-2-1-3-5-10/h1-5,11H,6-9H2. The molecule has 2 rings (SSSR count). The Kier molecular flexibility index (Phi) is 4.04. The van der Waals surface area contributed by atoms with Crippen molar-refractivity contribution in [2.75, 3.05) is 19.7 Å². The molecule has 0 radical (unpaired) electrons. The van der Waals surface area contributed by atoms with Gasteiger partial charge in [-0.3, -0.25) is 4.79 Å². The van der Waals surface area contributed by atoms with Gasteiger partial charge in [0, 0.05) is 13.0 Å². The van der Waals surface area contributed by atoms with Gasteiger partial charge >= 0.3 is 10.2 Å². The third-order valence-electron chi connectivity index (χ3n) is 2.95. The zero-order valence-corrected chi connectivity index (χ0v) is 11.0. The molecule has 1 aromatic carbocycles. The summed E-state index contributed by atoms with van der Waals surface area (Å²) in [5.41, 5.74) is 0. The fourth-order valence-corrected chi connectivity index (χ4v) is 2.63. The van der Waals surface area contributed by atoms with Gasteiger partial charge in [-0.05, 0) is 12.1 Å². The van der Waals surface area contributed by atoms with Crippen LogP contribution >= 0.6 is 0 Å². The highest BCUT2D eigenvalue weighted by Gasteiger charge is 2.38. The van der Waals surface area contributed by atoms with E-state index in [1.807, 2.05) is 18.2 Å². The van der Waals surface area contributed by atoms with Crippen molar-refractivity contribution in [3.8, 4) is 5.75 Å². The van der Waals surface area contributed by atoms with Gasteiger partial charge in [0.2, 0.25) is 5.91 Å². The van der Waals surface area contributed by atoms with Gasteiger partial charge in [0.15, 0.2) is 0 Å². The topological polar surface area (TPSA) is 63.7 Å². The fraction of sp³-hybridized carbons (Fsp3) is 0.417. The van der Waals surface area contributed by atoms with Gasteiger partial charge in [-0.15, -0.1) is 3.89 Å². The number of likely N-dealkylation sites (tertiary alicyclic amines) is 1. The van der Waals surface area contributed by atoms with Gasteiger partial charge in [-0.25, -0.2) is 0 Å². The van der Waals surface area contributed by atoms with E-state index >= 15 is 0 Å². The number of hydrogen-bond acceptors (Lipinski definition) is 4. The molecule has 0 aliphatic carbocycles. The molecule has 1 aromatic rings. The second-order valence-electron chi connectivity index (χ2n) is 4.30. The molecule has 1 aliphatic rings. The van der Waals surface area contributed by atoms with E-state index in [1.165, 1.54) is 4.90 Å². The lowest BCUT2D eigenvalue weighted by Gasteiger charge is -2.16. The van der Waals surface area contributed by atoms with Crippen molar-refractivity contribution in [2.45, 2.75) is 11.7 Å². The lowest BCUT2D eigenvalue weighted by atomic mass is 10.3. The quantitative estimate of drug-likeness (QED) is 0.757. The summed E-state index contributed by atoms with van der Waals surface area (Å²) in [6.07, 6.45) is -0.288. The van der Waals surface area contributed by atoms with Crippen molar-refractivity contribution in [3.63, 3.8) is 0 Å². The summed E-state index contributed by atoms with van der Waals surface area (Å²) >= 11 is 0. The Morgan fingerprint density at radius 1 is 1.32 bits per heavy atom. The third kappa shape index (κ3) is 3.66. The second-order valence-corrected chi connectivity index (χ2v) is 5.92. The van der Waals surface area contributed by atoms with Crippen molar-refractivity contribution < 1.29 is 21.8 Å². The molecule has 0 bridgehead atoms. The van der Waals surface area contributed by atoms with Gasteiger partial charge in [-0.2, -0.15) is 8.42 Å². The molecule has 1 atom stereocenters. The van der Waals surface area contributed by atoms with E-state index in [0.717, 1.165) is 0 Å². The van der Waals surface area contributed by atoms with E-state index in [0.29, 0.717) is 5.75 Å². The van der Waals surface area contributed by atoms with Crippen LogP contribution < -0.4 is 4.74 Å². The van der Waals surface area contributed by atoms with Gasteiger partial charge in [0.25, 0.3) is 0 Å². The van der Waals surface area contributed by atoms with Gasteiger partial charge in [0.05, 0.1) is 6.54 Å². The van der Waals surface area contributed by atoms with Crippen LogP contribution in [0.15, 0.2) is 30.3 Å². The molecular formula is C12H14FNO4S. The highest BCUT2D eigenvalue weighted by atomic mass is 32.3. The Balaban J connectivity index is 1.83. The fourth-order valence-electron chi connectivity index (χ4n) is 1.93. The molecule has 0 saturated carbocycles. The molecule has 1 unspecified atom stereocenters. The summed E-state index contributed by atoms with van der Waals surface area (Å²) < 4.78 is 39.7. The van der Waals surface area contributed by atoms with Crippen LogP contribution in [0.25, 0.3) is 0 Å². The predicted octanol–water partition coefficient (Wildman–Crippen LogP) is 0.966. The van der Waals surface area contributed by atoms with Crippen LogP contribution in [0.3, 0.4) is 0 Å². The summed E-state index contributed by atoms with van der Waals surface area (Å²) in [5, 5.41) is -1.24. The molecule has 0 spiro atoms. The lowest BCUT2D eigenvalue weighted by molar-refractivity contribution is -0.128. The molecule has 0 aromatic heterocycles. The van der Waals surface area contributed by atoms with Crippen LogP contribution in [-0.4, -0.2) is 44.2 Å². The minimum atomic E-state index is -4.65. The highest BCUT2D eigenvalue weighted by molar-refractivity contribution is 7.87. The lowest BCUT2D eigenvalue weighted by Crippen LogP contribution is -2.31. The van der Waals surface area contributed by atoms with E-state index < -0.39 is 15.5 Å². The average Bonchev–Trinajstić information content (AvgIpc) is 2.72. The Morgan fingerprint density at radius 3 is 2.58 bits per heavy atom. The van der Waals surface area contributed by atoms with Gasteiger partial charge in [-0.1, -0.05) is 18.2 Å². The second kappa shape index (κ2) is 5.56. The maximum Gasteiger partial charge on any atom is 0.307 e. The normalized spacial score (nSPS) is 19.7. The maximum atomic E-state index is 12.8. The van der Waals surface area contributed by atoms with E-state index in [-0.39, 0.29) is 32.0 Å². The van der Waals surface area contributed by atoms with Crippen molar-refractivity contribution in [3.05, 3.63) is 30.3 Å². The first kappa shape index (κ1) is 13.8. The van der Waals surface area contributed by atoms with E-state index in [1.54, 1.807) is 12.1 Å². The Morgan fingerprint density at radius 2 is 2.00 bits per heavy atom. The van der Waals surface area contributed by atoms with Crippen LogP contribution in [0.5, 0.6) is 5.75 Å². The summed E-state index contributed by atoms with van der Waals surface area (Å²) in [6.45, 7) is 0.393. The first-order valence-electron chi connectivity index (χ1n) is 5.86. The molecule has 7 heteroatoms. The van der Waals surface area contributed by atoms with Crippen molar-refractivity contribution in [1.29, 1.82) is 0 Å². The first-order valence-corrected chi connectivity index (χ1v) is 7.30. The number of carbonyl (C=O) groups excluding carboxylic acids is 1. The molecule has 19 heavy (non-hydrogen) atoms. The van der Waals surface area contributed by atoms with Crippen LogP contribution in [0, 0.1) is 0 Å². The number of carbonyl (C=O) groups is 1. The number of ether oxygens (including phenoxy) is 1. The summed E-state index contributed by atoms with van der Waals surface area (Å²) in [6, 6.07) is 9.05. The molecular weight excluding hydrogens is 273 g/mol. The molecule has 1 amide bonds. The van der Waals surface area contributed by atoms with Crippen molar-refractivity contribution >= 4 is 16.1 Å². The number of rotatable bonds is 5. The number of benzene rings is 1. The Hall–Kier alpha value is -1.63. The summed E-state index contributed by atoms with van der Waals surface area (Å²) in [7, 11) is -4.65. The minimum Gasteiger partial charge on any atom is -0.492 e. The third-order valence-corrected chi connectivity index (χ3v) is 4.06. The Labute approximate surface area is 111 Å². The van der Waals surface area contributed by atoms with E-state index in [4.69, 9.17) is 4.74 Å². The number of nitrogens with zero attached hydrogens (tertiary/aromatic N) is 1. The highest BCUT2D eigenvalue weighted by Crippen LogP contribution is 2.19. The molecule has 1 aliphatic heterocycles. The maximum absolute atomic E-state index is 12.8. The minimum absolute atomic E-state index is 0.101. The number of para-hydroxylation sites is 1. The molecule has 1 fully saturated rings. The molecule has 1 heterocycles. The molecule has 104 valence electrons. The summed E-state index contributed by atoms with van der Waals surface area (Å²) in [5.74, 6) is 0.312. The molecule has 1 saturated heterocycles. The molecule has 0 N–H and O–H groups in total. The van der Waals surface area contributed by atoms with Crippen molar-refractivity contribution in [2.24, 2.45) is 0 Å². The van der Waals surface area contributed by atoms with Crippen molar-refractivity contribution in [1.82, 2.24) is 4.90 Å². The Bertz CT molecular complexity index is 546. The number of halogens is 1.